The van der Waals surface area contributed by atoms with E-state index in [1.807, 2.05) is 0 Å². The van der Waals surface area contributed by atoms with Crippen molar-refractivity contribution in [2.24, 2.45) is 0 Å². The summed E-state index contributed by atoms with van der Waals surface area (Å²) in [4.78, 5) is 4.77. The molecule has 4 nitrogen and oxygen atoms in total. The van der Waals surface area contributed by atoms with Crippen molar-refractivity contribution in [3.63, 3.8) is 0 Å². The van der Waals surface area contributed by atoms with Gasteiger partial charge in [-0.1, -0.05) is 18.3 Å². The average Bonchev–Trinajstić information content (AvgIpc) is 2.60. The van der Waals surface area contributed by atoms with Gasteiger partial charge in [0.1, 0.15) is 0 Å². The van der Waals surface area contributed by atoms with Gasteiger partial charge in [0.05, 0.1) is 10.5 Å². The van der Waals surface area contributed by atoms with Crippen molar-refractivity contribution in [1.82, 2.24) is 10.3 Å². The topological polar surface area (TPSA) is 71.2 Å². The van der Waals surface area contributed by atoms with Crippen LogP contribution in [-0.4, -0.2) is 23.2 Å². The maximum absolute atomic E-state index is 10.2. The van der Waals surface area contributed by atoms with E-state index in [1.54, 1.807) is 13.1 Å². The van der Waals surface area contributed by atoms with E-state index in [4.69, 9.17) is 5.73 Å². The van der Waals surface area contributed by atoms with Gasteiger partial charge in [-0.15, -0.1) is 0 Å². The van der Waals surface area contributed by atoms with Crippen molar-refractivity contribution in [1.29, 1.82) is 0 Å². The van der Waals surface area contributed by atoms with Gasteiger partial charge in [0.15, 0.2) is 5.13 Å². The molecule has 5 heteroatoms. The van der Waals surface area contributed by atoms with Gasteiger partial charge < -0.3 is 16.2 Å². The number of anilines is 1. The first-order valence-electron chi connectivity index (χ1n) is 5.21. The van der Waals surface area contributed by atoms with E-state index in [1.165, 1.54) is 11.3 Å². The number of nitrogens with one attached hydrogen (secondary N) is 1. The summed E-state index contributed by atoms with van der Waals surface area (Å²) in [6, 6.07) is 0. The minimum atomic E-state index is -0.823. The van der Waals surface area contributed by atoms with Crippen LogP contribution in [0.15, 0.2) is 6.20 Å². The van der Waals surface area contributed by atoms with Crippen LogP contribution >= 0.6 is 11.3 Å². The molecule has 1 heterocycles. The second kappa shape index (κ2) is 5.44. The summed E-state index contributed by atoms with van der Waals surface area (Å²) in [5.74, 6) is 0. The molecule has 0 amide bonds. The summed E-state index contributed by atoms with van der Waals surface area (Å²) in [6.07, 6.45) is 3.43. The summed E-state index contributed by atoms with van der Waals surface area (Å²) in [7, 11) is 0. The van der Waals surface area contributed by atoms with Crippen LogP contribution in [0.2, 0.25) is 0 Å². The molecule has 0 saturated heterocycles. The van der Waals surface area contributed by atoms with E-state index in [0.29, 0.717) is 11.6 Å². The summed E-state index contributed by atoms with van der Waals surface area (Å²) in [6.45, 7) is 5.71. The smallest absolute Gasteiger partial charge is 0.180 e. The average molecular weight is 229 g/mol. The minimum absolute atomic E-state index is 0.506. The second-order valence-corrected chi connectivity index (χ2v) is 4.90. The van der Waals surface area contributed by atoms with Crippen molar-refractivity contribution in [2.75, 3.05) is 18.8 Å². The number of nitrogens with zero attached hydrogens (tertiary/aromatic N) is 1. The number of nitrogen functional groups attached to an aromatic ring is 1. The molecule has 0 aliphatic heterocycles. The fourth-order valence-corrected chi connectivity index (χ4v) is 2.05. The highest BCUT2D eigenvalue weighted by Crippen LogP contribution is 2.29. The zero-order valence-electron chi connectivity index (χ0n) is 9.29. The third kappa shape index (κ3) is 3.77. The van der Waals surface area contributed by atoms with Crippen LogP contribution in [0.4, 0.5) is 5.13 Å². The van der Waals surface area contributed by atoms with E-state index in [0.717, 1.165) is 24.4 Å². The van der Waals surface area contributed by atoms with Gasteiger partial charge >= 0.3 is 0 Å². The highest BCUT2D eigenvalue weighted by molar-refractivity contribution is 7.15. The van der Waals surface area contributed by atoms with Gasteiger partial charge in [-0.05, 0) is 32.9 Å². The molecule has 0 aliphatic carbocycles. The molecule has 4 N–H and O–H groups in total. The molecule has 0 spiro atoms. The zero-order chi connectivity index (χ0) is 11.3. The molecule has 1 unspecified atom stereocenters. The number of rotatable bonds is 6. The van der Waals surface area contributed by atoms with E-state index in [-0.39, 0.29) is 0 Å². The molecule has 1 aromatic heterocycles. The Labute approximate surface area is 94.5 Å². The van der Waals surface area contributed by atoms with Crippen molar-refractivity contribution in [2.45, 2.75) is 32.3 Å². The molecule has 0 aromatic carbocycles. The summed E-state index contributed by atoms with van der Waals surface area (Å²) < 4.78 is 0. The first-order valence-corrected chi connectivity index (χ1v) is 6.03. The third-order valence-corrected chi connectivity index (χ3v) is 3.35. The molecule has 0 aliphatic rings. The van der Waals surface area contributed by atoms with E-state index in [9.17, 15) is 5.11 Å². The second-order valence-electron chi connectivity index (χ2n) is 3.84. The first-order chi connectivity index (χ1) is 7.06. The van der Waals surface area contributed by atoms with Crippen LogP contribution in [0.3, 0.4) is 0 Å². The van der Waals surface area contributed by atoms with E-state index in [2.05, 4.69) is 17.2 Å². The highest BCUT2D eigenvalue weighted by Gasteiger charge is 2.24. The number of aromatic nitrogens is 1. The fourth-order valence-electron chi connectivity index (χ4n) is 1.29. The molecule has 15 heavy (non-hydrogen) atoms. The number of thiazole rings is 1. The standard InChI is InChI=1S/C10H19N3OS/c1-3-5-12-6-4-10(2,14)8-7-13-9(11)15-8/h7,12,14H,3-6H2,1-2H3,(H2,11,13). The molecular formula is C10H19N3OS. The van der Waals surface area contributed by atoms with Crippen LogP contribution in [0.5, 0.6) is 0 Å². The maximum atomic E-state index is 10.2. The van der Waals surface area contributed by atoms with Crippen molar-refractivity contribution in [3.8, 4) is 0 Å². The van der Waals surface area contributed by atoms with Gasteiger partial charge in [0.2, 0.25) is 0 Å². The fraction of sp³-hybridized carbons (Fsp3) is 0.700. The van der Waals surface area contributed by atoms with E-state index < -0.39 is 5.60 Å². The maximum Gasteiger partial charge on any atom is 0.180 e. The zero-order valence-corrected chi connectivity index (χ0v) is 10.1. The molecular weight excluding hydrogens is 210 g/mol. The SMILES string of the molecule is CCCNCCC(C)(O)c1cnc(N)s1. The summed E-state index contributed by atoms with van der Waals surface area (Å²) in [5, 5.41) is 13.9. The van der Waals surface area contributed by atoms with Gasteiger partial charge in [-0.3, -0.25) is 0 Å². The van der Waals surface area contributed by atoms with Crippen LogP contribution in [-0.2, 0) is 5.60 Å². The number of hydrogen-bond acceptors (Lipinski definition) is 5. The van der Waals surface area contributed by atoms with Gasteiger partial charge in [0, 0.05) is 6.20 Å². The van der Waals surface area contributed by atoms with Crippen molar-refractivity contribution in [3.05, 3.63) is 11.1 Å². The Hall–Kier alpha value is -0.650. The molecule has 0 radical (unpaired) electrons. The Morgan fingerprint density at radius 1 is 1.60 bits per heavy atom. The molecule has 1 aromatic rings. The van der Waals surface area contributed by atoms with Gasteiger partial charge in [0.25, 0.3) is 0 Å². The Kier molecular flexibility index (Phi) is 4.50. The van der Waals surface area contributed by atoms with Crippen molar-refractivity contribution < 1.29 is 5.11 Å². The quantitative estimate of drug-likeness (QED) is 0.643. The lowest BCUT2D eigenvalue weighted by Crippen LogP contribution is -2.27. The van der Waals surface area contributed by atoms with Gasteiger partial charge in [-0.25, -0.2) is 4.98 Å². The molecule has 0 saturated carbocycles. The summed E-state index contributed by atoms with van der Waals surface area (Å²) >= 11 is 1.35. The Morgan fingerprint density at radius 2 is 2.33 bits per heavy atom. The molecule has 0 bridgehead atoms. The Balaban J connectivity index is 2.44. The number of nitrogens with two attached hydrogens (primary N) is 1. The lowest BCUT2D eigenvalue weighted by atomic mass is 10.0. The normalized spacial score (nSPS) is 15.1. The van der Waals surface area contributed by atoms with Gasteiger partial charge in [-0.2, -0.15) is 0 Å². The monoisotopic (exact) mass is 229 g/mol. The van der Waals surface area contributed by atoms with Crippen LogP contribution in [0.1, 0.15) is 31.6 Å². The number of hydrogen-bond donors (Lipinski definition) is 3. The Morgan fingerprint density at radius 3 is 2.87 bits per heavy atom. The third-order valence-electron chi connectivity index (χ3n) is 2.27. The number of aliphatic hydroxyl groups is 1. The predicted octanol–water partition coefficient (Wildman–Crippen LogP) is 1.32. The molecule has 86 valence electrons. The largest absolute Gasteiger partial charge is 0.385 e. The lowest BCUT2D eigenvalue weighted by Gasteiger charge is -2.21. The van der Waals surface area contributed by atoms with Crippen LogP contribution < -0.4 is 11.1 Å². The Bertz CT molecular complexity index is 299. The van der Waals surface area contributed by atoms with Crippen LogP contribution in [0.25, 0.3) is 0 Å². The molecule has 1 atom stereocenters. The first kappa shape index (κ1) is 12.4. The highest BCUT2D eigenvalue weighted by atomic mass is 32.1. The molecule has 0 fully saturated rings. The molecule has 1 rings (SSSR count). The minimum Gasteiger partial charge on any atom is -0.385 e. The summed E-state index contributed by atoms with van der Waals surface area (Å²) in [5.41, 5.74) is 4.71. The predicted molar refractivity (Wildman–Crippen MR) is 63.9 cm³/mol. The van der Waals surface area contributed by atoms with E-state index >= 15 is 0 Å². The van der Waals surface area contributed by atoms with Crippen LogP contribution in [0, 0.1) is 0 Å². The van der Waals surface area contributed by atoms with Crippen molar-refractivity contribution >= 4 is 16.5 Å². The lowest BCUT2D eigenvalue weighted by molar-refractivity contribution is 0.0516.